The van der Waals surface area contributed by atoms with Crippen molar-refractivity contribution in [3.05, 3.63) is 71.1 Å². The molecule has 1 aromatic rings. The van der Waals surface area contributed by atoms with E-state index in [9.17, 15) is 0 Å². The monoisotopic (exact) mass is 461 g/mol. The van der Waals surface area contributed by atoms with Crippen molar-refractivity contribution < 1.29 is 0 Å². The summed E-state index contributed by atoms with van der Waals surface area (Å²) in [7, 11) is 0. The van der Waals surface area contributed by atoms with Gasteiger partial charge in [-0.1, -0.05) is 95.7 Å². The van der Waals surface area contributed by atoms with Crippen LogP contribution in [0.5, 0.6) is 0 Å². The number of benzene rings is 1. The highest BCUT2D eigenvalue weighted by Crippen LogP contribution is 2.58. The van der Waals surface area contributed by atoms with Crippen LogP contribution in [0, 0.1) is 10.8 Å². The Bertz CT molecular complexity index is 917. The van der Waals surface area contributed by atoms with Gasteiger partial charge in [-0.15, -0.1) is 0 Å². The number of rotatable bonds is 10. The third kappa shape index (κ3) is 5.69. The zero-order chi connectivity index (χ0) is 24.2. The Morgan fingerprint density at radius 3 is 2.32 bits per heavy atom. The summed E-state index contributed by atoms with van der Waals surface area (Å²) in [5.74, 6) is 6.32. The Labute approximate surface area is 208 Å². The lowest BCUT2D eigenvalue weighted by molar-refractivity contribution is 0.202. The molecule has 1 fully saturated rings. The van der Waals surface area contributed by atoms with E-state index in [2.05, 4.69) is 69.5 Å². The zero-order valence-electron chi connectivity index (χ0n) is 21.9. The van der Waals surface area contributed by atoms with E-state index in [0.717, 1.165) is 25.7 Å². The maximum absolute atomic E-state index is 7.11. The number of hydrazine groups is 1. The highest BCUT2D eigenvalue weighted by Gasteiger charge is 2.52. The highest BCUT2D eigenvalue weighted by molar-refractivity contribution is 5.45. The van der Waals surface area contributed by atoms with Crippen LogP contribution in [0.3, 0.4) is 0 Å². The quantitative estimate of drug-likeness (QED) is 0.278. The van der Waals surface area contributed by atoms with Gasteiger partial charge in [-0.2, -0.15) is 0 Å². The Morgan fingerprint density at radius 2 is 1.62 bits per heavy atom. The third-order valence-electron chi connectivity index (χ3n) is 8.41. The second kappa shape index (κ2) is 10.4. The van der Waals surface area contributed by atoms with Gasteiger partial charge in [0.05, 0.1) is 0 Å². The molecule has 0 aromatic heterocycles. The van der Waals surface area contributed by atoms with Crippen molar-refractivity contribution in [2.75, 3.05) is 0 Å². The first kappa shape index (κ1) is 25.3. The molecule has 0 saturated heterocycles. The molecule has 186 valence electrons. The first-order chi connectivity index (χ1) is 16.2. The second-order valence-electron chi connectivity index (χ2n) is 12.4. The van der Waals surface area contributed by atoms with E-state index in [-0.39, 0.29) is 11.0 Å². The molecule has 1 aliphatic heterocycles. The molecule has 4 rings (SSSR count). The number of allylic oxidation sites excluding steroid dienone is 4. The van der Waals surface area contributed by atoms with E-state index in [1.165, 1.54) is 80.2 Å². The van der Waals surface area contributed by atoms with Gasteiger partial charge in [-0.05, 0) is 73.1 Å². The fourth-order valence-corrected chi connectivity index (χ4v) is 6.37. The van der Waals surface area contributed by atoms with E-state index < -0.39 is 0 Å². The fourth-order valence-electron chi connectivity index (χ4n) is 6.37. The van der Waals surface area contributed by atoms with Gasteiger partial charge in [0.2, 0.25) is 0 Å². The Hall–Kier alpha value is -1.84. The predicted molar refractivity (Wildman–Crippen MR) is 145 cm³/mol. The molecule has 3 heteroatoms. The summed E-state index contributed by atoms with van der Waals surface area (Å²) in [5.41, 5.74) is 12.7. The average Bonchev–Trinajstić information content (AvgIpc) is 3.09. The van der Waals surface area contributed by atoms with Gasteiger partial charge < -0.3 is 5.73 Å². The number of nitrogens with zero attached hydrogens (tertiary/aromatic N) is 1. The van der Waals surface area contributed by atoms with Crippen molar-refractivity contribution in [2.24, 2.45) is 22.4 Å². The van der Waals surface area contributed by atoms with Gasteiger partial charge in [0.1, 0.15) is 0 Å². The minimum absolute atomic E-state index is 0.0120. The van der Waals surface area contributed by atoms with E-state index >= 15 is 0 Å². The molecular weight excluding hydrogens is 414 g/mol. The van der Waals surface area contributed by atoms with Gasteiger partial charge in [0, 0.05) is 22.9 Å². The molecule has 2 atom stereocenters. The summed E-state index contributed by atoms with van der Waals surface area (Å²) in [4.78, 5) is 0. The lowest BCUT2D eigenvalue weighted by atomic mass is 9.59. The summed E-state index contributed by atoms with van der Waals surface area (Å²) in [6, 6.07) is 9.24. The maximum atomic E-state index is 7.11. The van der Waals surface area contributed by atoms with E-state index in [0.29, 0.717) is 5.41 Å². The van der Waals surface area contributed by atoms with Crippen molar-refractivity contribution >= 4 is 0 Å². The van der Waals surface area contributed by atoms with Crippen molar-refractivity contribution in [2.45, 2.75) is 110 Å². The molecule has 4 N–H and O–H groups in total. The van der Waals surface area contributed by atoms with Crippen LogP contribution in [-0.4, -0.2) is 5.01 Å². The molecule has 3 aliphatic rings. The molecule has 1 spiro atoms. The molecule has 0 bridgehead atoms. The largest absolute Gasteiger partial charge is 0.321 e. The van der Waals surface area contributed by atoms with E-state index in [1.807, 2.05) is 5.01 Å². The van der Waals surface area contributed by atoms with E-state index in [4.69, 9.17) is 11.6 Å². The molecule has 2 unspecified atom stereocenters. The first-order valence-electron chi connectivity index (χ1n) is 13.7. The van der Waals surface area contributed by atoms with Gasteiger partial charge in [0.25, 0.3) is 0 Å². The molecule has 3 nitrogen and oxygen atoms in total. The lowest BCUT2D eigenvalue weighted by Gasteiger charge is -2.47. The highest BCUT2D eigenvalue weighted by atomic mass is 15.4. The fraction of sp³-hybridized carbons (Fsp3) is 0.613. The van der Waals surface area contributed by atoms with Crippen molar-refractivity contribution in [3.63, 3.8) is 0 Å². The maximum Gasteiger partial charge on any atom is 0.0449 e. The summed E-state index contributed by atoms with van der Waals surface area (Å²) in [6.07, 6.45) is 24.8. The Kier molecular flexibility index (Phi) is 7.74. The smallest absolute Gasteiger partial charge is 0.0449 e. The van der Waals surface area contributed by atoms with Gasteiger partial charge in [0.15, 0.2) is 0 Å². The lowest BCUT2D eigenvalue weighted by Crippen LogP contribution is -2.47. The van der Waals surface area contributed by atoms with Crippen LogP contribution in [0.4, 0.5) is 0 Å². The van der Waals surface area contributed by atoms with Gasteiger partial charge in [-0.25, -0.2) is 5.84 Å². The molecule has 34 heavy (non-hydrogen) atoms. The second-order valence-corrected chi connectivity index (χ2v) is 12.4. The minimum Gasteiger partial charge on any atom is -0.321 e. The van der Waals surface area contributed by atoms with Crippen LogP contribution in [-0.2, 0) is 12.0 Å². The average molecular weight is 462 g/mol. The molecule has 1 aromatic carbocycles. The molecule has 0 radical (unpaired) electrons. The summed E-state index contributed by atoms with van der Waals surface area (Å²) in [6.45, 7) is 7.04. The number of hydrogen-bond acceptors (Lipinski definition) is 3. The summed E-state index contributed by atoms with van der Waals surface area (Å²) < 4.78 is 0. The van der Waals surface area contributed by atoms with Crippen LogP contribution in [0.25, 0.3) is 0 Å². The van der Waals surface area contributed by atoms with Crippen molar-refractivity contribution in [1.82, 2.24) is 5.01 Å². The topological polar surface area (TPSA) is 55.3 Å². The van der Waals surface area contributed by atoms with Gasteiger partial charge in [-0.3, -0.25) is 5.01 Å². The Morgan fingerprint density at radius 1 is 0.941 bits per heavy atom. The summed E-state index contributed by atoms with van der Waals surface area (Å²) in [5, 5.41) is 1.83. The van der Waals surface area contributed by atoms with Gasteiger partial charge >= 0.3 is 0 Å². The van der Waals surface area contributed by atoms with Crippen LogP contribution in [0.15, 0.2) is 60.0 Å². The molecule has 1 saturated carbocycles. The first-order valence-corrected chi connectivity index (χ1v) is 13.7. The predicted octanol–water partition coefficient (Wildman–Crippen LogP) is 7.64. The Balaban J connectivity index is 1.23. The van der Waals surface area contributed by atoms with E-state index in [1.54, 1.807) is 0 Å². The van der Waals surface area contributed by atoms with Crippen LogP contribution in [0.1, 0.15) is 109 Å². The number of nitrogens with two attached hydrogens (primary N) is 2. The molecule has 0 amide bonds. The van der Waals surface area contributed by atoms with Crippen LogP contribution < -0.4 is 11.6 Å². The van der Waals surface area contributed by atoms with Crippen molar-refractivity contribution in [1.29, 1.82) is 0 Å². The normalized spacial score (nSPS) is 26.2. The number of aryl methyl sites for hydroxylation is 1. The number of hydrogen-bond donors (Lipinski definition) is 2. The molecule has 1 heterocycles. The zero-order valence-corrected chi connectivity index (χ0v) is 21.9. The van der Waals surface area contributed by atoms with Crippen molar-refractivity contribution in [3.8, 4) is 0 Å². The SMILES string of the molecule is CC(C)(C)CCCCCCCCCc1ccc(C2(N)CCC3=CN(N)C4=CC=CCC34C2)cc1. The minimum atomic E-state index is -0.293. The third-order valence-corrected chi connectivity index (χ3v) is 8.41. The molecule has 2 aliphatic carbocycles. The number of unbranched alkanes of at least 4 members (excludes halogenated alkanes) is 6. The standard InChI is InChI=1S/C31H47N3/c1-29(2,3)20-11-8-6-4-5-7-9-13-25-15-17-26(18-16-25)31(32)22-19-27-23-34(33)28-14-10-12-21-30(27,28)24-31/h10,12,14-18,23H,4-9,11,13,19-22,24,32-33H2,1-3H3. The summed E-state index contributed by atoms with van der Waals surface area (Å²) >= 11 is 0. The van der Waals surface area contributed by atoms with Crippen LogP contribution >= 0.6 is 0 Å². The van der Waals surface area contributed by atoms with Crippen LogP contribution in [0.2, 0.25) is 0 Å². The molecular formula is C31H47N3.